The molecule has 0 radical (unpaired) electrons. The van der Waals surface area contributed by atoms with Crippen molar-refractivity contribution in [1.82, 2.24) is 15.6 Å². The largest absolute Gasteiger partial charge is 0.475 e. The van der Waals surface area contributed by atoms with Crippen LogP contribution in [0.1, 0.15) is 32.4 Å². The summed E-state index contributed by atoms with van der Waals surface area (Å²) < 4.78 is 38.0. The molecule has 0 aliphatic carbocycles. The minimum Gasteiger partial charge on any atom is -0.426 e. The number of nitrogens with zero attached hydrogens (tertiary/aromatic N) is 2. The summed E-state index contributed by atoms with van der Waals surface area (Å²) in [6.45, 7) is 3.73. The van der Waals surface area contributed by atoms with E-state index in [-0.39, 0.29) is 17.6 Å². The van der Waals surface area contributed by atoms with Gasteiger partial charge in [-0.05, 0) is 18.8 Å². The fraction of sp³-hybridized carbons (Fsp3) is 0.667. The molecule has 28 heavy (non-hydrogen) atoms. The zero-order valence-corrected chi connectivity index (χ0v) is 16.2. The number of thiazole rings is 1. The summed E-state index contributed by atoms with van der Waals surface area (Å²) in [6.07, 6.45) is -3.77. The average Bonchev–Trinajstić information content (AvgIpc) is 3.00. The minimum absolute atomic E-state index is 0.101. The molecule has 2 atom stereocenters. The summed E-state index contributed by atoms with van der Waals surface area (Å²) in [4.78, 5) is 29.2. The lowest BCUT2D eigenvalue weighted by Crippen LogP contribution is -2.58. The Morgan fingerprint density at radius 3 is 2.57 bits per heavy atom. The number of anilines is 1. The Bertz CT molecular complexity index is 701. The lowest BCUT2D eigenvalue weighted by molar-refractivity contribution is -0.140. The highest BCUT2D eigenvalue weighted by molar-refractivity contribution is 7.13. The molecule has 0 bridgehead atoms. The van der Waals surface area contributed by atoms with Crippen LogP contribution in [0.5, 0.6) is 0 Å². The Morgan fingerprint density at radius 1 is 1.43 bits per heavy atom. The first-order chi connectivity index (χ1) is 13.0. The maximum Gasteiger partial charge on any atom is 0.475 e. The van der Waals surface area contributed by atoms with Gasteiger partial charge in [-0.15, -0.1) is 11.3 Å². The van der Waals surface area contributed by atoms with Crippen molar-refractivity contribution in [2.45, 2.75) is 44.8 Å². The summed E-state index contributed by atoms with van der Waals surface area (Å²) in [7, 11) is -1.73. The fourth-order valence-corrected chi connectivity index (χ4v) is 3.63. The van der Waals surface area contributed by atoms with E-state index in [0.29, 0.717) is 19.4 Å². The Hall–Kier alpha value is -1.86. The van der Waals surface area contributed by atoms with Crippen molar-refractivity contribution in [3.8, 4) is 0 Å². The molecular formula is C15H22BF3N4O4S. The Labute approximate surface area is 164 Å². The molecule has 2 heterocycles. The molecule has 1 saturated heterocycles. The standard InChI is InChI=1S/C15H22BF3N4O4S/c1-8(2)5-11(16(26)27)22-12(24)6-20-13(25)9-3-4-23(9)14-21-10(7-28-14)15(17,18)19/h7-9,11,26-27H,3-6H2,1-2H3,(H,20,25)(H,22,24)/t9-,11+/m0/s1. The first-order valence-electron chi connectivity index (χ1n) is 8.71. The minimum atomic E-state index is -4.54. The molecule has 2 rings (SSSR count). The number of hydrogen-bond donors (Lipinski definition) is 4. The number of rotatable bonds is 8. The summed E-state index contributed by atoms with van der Waals surface area (Å²) in [5, 5.41) is 24.5. The van der Waals surface area contributed by atoms with Gasteiger partial charge >= 0.3 is 13.3 Å². The van der Waals surface area contributed by atoms with Gasteiger partial charge < -0.3 is 25.6 Å². The highest BCUT2D eigenvalue weighted by Gasteiger charge is 2.39. The van der Waals surface area contributed by atoms with E-state index in [9.17, 15) is 32.8 Å². The van der Waals surface area contributed by atoms with Crippen LogP contribution in [0.25, 0.3) is 0 Å². The van der Waals surface area contributed by atoms with Gasteiger partial charge in [0.1, 0.15) is 6.04 Å². The third-order valence-electron chi connectivity index (χ3n) is 4.21. The molecule has 2 amide bonds. The number of nitrogens with one attached hydrogen (secondary N) is 2. The molecule has 1 aromatic rings. The van der Waals surface area contributed by atoms with E-state index in [0.717, 1.165) is 16.7 Å². The van der Waals surface area contributed by atoms with Crippen LogP contribution in [0, 0.1) is 5.92 Å². The zero-order valence-electron chi connectivity index (χ0n) is 15.4. The molecule has 4 N–H and O–H groups in total. The molecule has 0 spiro atoms. The van der Waals surface area contributed by atoms with Crippen LogP contribution in [0.4, 0.5) is 18.3 Å². The summed E-state index contributed by atoms with van der Waals surface area (Å²) in [6, 6.07) is -0.699. The number of halogens is 3. The average molecular weight is 422 g/mol. The van der Waals surface area contributed by atoms with Gasteiger partial charge in [0.05, 0.1) is 12.5 Å². The van der Waals surface area contributed by atoms with E-state index < -0.39 is 42.8 Å². The van der Waals surface area contributed by atoms with Crippen molar-refractivity contribution in [1.29, 1.82) is 0 Å². The van der Waals surface area contributed by atoms with Crippen LogP contribution in [-0.2, 0) is 15.8 Å². The number of carbonyl (C=O) groups excluding carboxylic acids is 2. The Balaban J connectivity index is 1.86. The van der Waals surface area contributed by atoms with Crippen molar-refractivity contribution in [3.05, 3.63) is 11.1 Å². The van der Waals surface area contributed by atoms with Gasteiger partial charge in [0.25, 0.3) is 0 Å². The molecule has 1 aliphatic rings. The highest BCUT2D eigenvalue weighted by Crippen LogP contribution is 2.35. The first-order valence-corrected chi connectivity index (χ1v) is 9.59. The van der Waals surface area contributed by atoms with Crippen LogP contribution < -0.4 is 15.5 Å². The van der Waals surface area contributed by atoms with Crippen LogP contribution in [0.2, 0.25) is 0 Å². The SMILES string of the molecule is CC(C)C[C@@H](NC(=O)CNC(=O)[C@@H]1CCN1c1nc(C(F)(F)F)cs1)B(O)O. The number of hydrogen-bond acceptors (Lipinski definition) is 7. The van der Waals surface area contributed by atoms with E-state index in [1.54, 1.807) is 0 Å². The van der Waals surface area contributed by atoms with Crippen molar-refractivity contribution in [2.24, 2.45) is 5.92 Å². The number of carbonyl (C=O) groups is 2. The van der Waals surface area contributed by atoms with E-state index in [4.69, 9.17) is 0 Å². The summed E-state index contributed by atoms with van der Waals surface area (Å²) >= 11 is 0.803. The topological polar surface area (TPSA) is 115 Å². The lowest BCUT2D eigenvalue weighted by Gasteiger charge is -2.39. The monoisotopic (exact) mass is 422 g/mol. The smallest absolute Gasteiger partial charge is 0.426 e. The second-order valence-corrected chi connectivity index (χ2v) is 7.78. The van der Waals surface area contributed by atoms with Crippen LogP contribution in [-0.4, -0.2) is 59.0 Å². The quantitative estimate of drug-likeness (QED) is 0.451. The summed E-state index contributed by atoms with van der Waals surface area (Å²) in [5.41, 5.74) is -1.00. The third-order valence-corrected chi connectivity index (χ3v) is 5.08. The van der Waals surface area contributed by atoms with Crippen molar-refractivity contribution >= 4 is 35.4 Å². The van der Waals surface area contributed by atoms with E-state index in [1.165, 1.54) is 4.90 Å². The third kappa shape index (κ3) is 5.82. The number of amides is 2. The first kappa shape index (κ1) is 22.4. The van der Waals surface area contributed by atoms with Gasteiger partial charge in [-0.25, -0.2) is 4.98 Å². The molecule has 8 nitrogen and oxygen atoms in total. The highest BCUT2D eigenvalue weighted by atomic mass is 32.1. The number of aromatic nitrogens is 1. The molecule has 1 aliphatic heterocycles. The molecule has 1 fully saturated rings. The van der Waals surface area contributed by atoms with Crippen LogP contribution in [0.15, 0.2) is 5.38 Å². The predicted molar refractivity (Wildman–Crippen MR) is 97.5 cm³/mol. The van der Waals surface area contributed by atoms with Gasteiger partial charge in [0, 0.05) is 11.9 Å². The van der Waals surface area contributed by atoms with Crippen molar-refractivity contribution in [3.63, 3.8) is 0 Å². The Morgan fingerprint density at radius 2 is 2.11 bits per heavy atom. The van der Waals surface area contributed by atoms with Gasteiger partial charge in [-0.1, -0.05) is 13.8 Å². The fourth-order valence-electron chi connectivity index (χ4n) is 2.72. The summed E-state index contributed by atoms with van der Waals surface area (Å²) in [5.74, 6) is -1.84. The lowest BCUT2D eigenvalue weighted by atomic mass is 9.75. The van der Waals surface area contributed by atoms with Gasteiger partial charge in [0.15, 0.2) is 10.8 Å². The van der Waals surface area contributed by atoms with Crippen molar-refractivity contribution < 1.29 is 32.8 Å². The molecule has 156 valence electrons. The molecule has 13 heteroatoms. The zero-order chi connectivity index (χ0) is 21.1. The van der Waals surface area contributed by atoms with Gasteiger partial charge in [0.2, 0.25) is 11.8 Å². The maximum atomic E-state index is 12.7. The van der Waals surface area contributed by atoms with Crippen molar-refractivity contribution in [2.75, 3.05) is 18.0 Å². The predicted octanol–water partition coefficient (Wildman–Crippen LogP) is 0.400. The molecular weight excluding hydrogens is 400 g/mol. The second kappa shape index (κ2) is 9.10. The molecule has 1 aromatic heterocycles. The number of alkyl halides is 3. The molecule has 0 aromatic carbocycles. The maximum absolute atomic E-state index is 12.7. The van der Waals surface area contributed by atoms with E-state index >= 15 is 0 Å². The normalized spacial score (nSPS) is 17.9. The molecule has 0 unspecified atom stereocenters. The Kier molecular flexibility index (Phi) is 7.29. The van der Waals surface area contributed by atoms with E-state index in [1.807, 2.05) is 13.8 Å². The molecule has 0 saturated carbocycles. The van der Waals surface area contributed by atoms with Crippen LogP contribution in [0.3, 0.4) is 0 Å². The van der Waals surface area contributed by atoms with Crippen LogP contribution >= 0.6 is 11.3 Å². The second-order valence-electron chi connectivity index (χ2n) is 6.95. The van der Waals surface area contributed by atoms with Gasteiger partial charge in [-0.2, -0.15) is 13.2 Å². The van der Waals surface area contributed by atoms with Gasteiger partial charge in [-0.3, -0.25) is 9.59 Å². The van der Waals surface area contributed by atoms with E-state index in [2.05, 4.69) is 15.6 Å².